The molecule has 0 bridgehead atoms. The van der Waals surface area contributed by atoms with Gasteiger partial charge >= 0.3 is 5.97 Å². The molecule has 7 heteroatoms. The topological polar surface area (TPSA) is 96.8 Å². The van der Waals surface area contributed by atoms with E-state index in [1.165, 1.54) is 4.90 Å². The van der Waals surface area contributed by atoms with Crippen LogP contribution in [0.2, 0.25) is 0 Å². The number of hydrogen-bond donors (Lipinski definition) is 1. The Labute approximate surface area is 203 Å². The summed E-state index contributed by atoms with van der Waals surface area (Å²) in [5.74, 6) is -1.83. The molecule has 0 spiro atoms. The van der Waals surface area contributed by atoms with Gasteiger partial charge in [-0.05, 0) is 48.2 Å². The van der Waals surface area contributed by atoms with Crippen molar-refractivity contribution in [2.75, 3.05) is 11.5 Å². The summed E-state index contributed by atoms with van der Waals surface area (Å²) in [6, 6.07) is 19.1. The summed E-state index contributed by atoms with van der Waals surface area (Å²) in [4.78, 5) is 43.9. The standard InChI is InChI=1S/C28H26N2O5/c1-2-35-24(32)17-20-10-13-22(14-11-20)30-26(21-9-6-16-29-18-21)25(27(33)28(30)34)23(31)15-12-19-7-4-3-5-8-19/h3-11,13-14,16,18,26,33H,2,12,15,17H2,1H3. The monoisotopic (exact) mass is 470 g/mol. The Morgan fingerprint density at radius 2 is 1.74 bits per heavy atom. The molecular formula is C28H26N2O5. The maximum Gasteiger partial charge on any atom is 0.310 e. The number of nitrogens with zero attached hydrogens (tertiary/aromatic N) is 2. The van der Waals surface area contributed by atoms with Gasteiger partial charge in [-0.2, -0.15) is 0 Å². The van der Waals surface area contributed by atoms with Crippen LogP contribution in [-0.2, 0) is 32.0 Å². The predicted octanol–water partition coefficient (Wildman–Crippen LogP) is 4.29. The molecule has 1 amide bonds. The van der Waals surface area contributed by atoms with E-state index in [0.29, 0.717) is 24.3 Å². The zero-order valence-corrected chi connectivity index (χ0v) is 19.4. The minimum atomic E-state index is -0.810. The zero-order valence-electron chi connectivity index (χ0n) is 19.4. The highest BCUT2D eigenvalue weighted by atomic mass is 16.5. The van der Waals surface area contributed by atoms with Crippen LogP contribution < -0.4 is 4.90 Å². The number of esters is 1. The molecule has 35 heavy (non-hydrogen) atoms. The van der Waals surface area contributed by atoms with Crippen LogP contribution in [0.4, 0.5) is 5.69 Å². The number of carbonyl (C=O) groups excluding carboxylic acids is 3. The second kappa shape index (κ2) is 10.8. The number of carbonyl (C=O) groups is 3. The Morgan fingerprint density at radius 3 is 2.40 bits per heavy atom. The van der Waals surface area contributed by atoms with E-state index >= 15 is 0 Å². The fourth-order valence-electron chi connectivity index (χ4n) is 4.20. The fourth-order valence-corrected chi connectivity index (χ4v) is 4.20. The molecule has 0 fully saturated rings. The lowest BCUT2D eigenvalue weighted by Crippen LogP contribution is -2.31. The fraction of sp³-hybridized carbons (Fsp3) is 0.214. The van der Waals surface area contributed by atoms with Crippen molar-refractivity contribution in [3.8, 4) is 0 Å². The lowest BCUT2D eigenvalue weighted by Gasteiger charge is -2.27. The minimum absolute atomic E-state index is 0.0644. The van der Waals surface area contributed by atoms with Gasteiger partial charge in [0.05, 0.1) is 24.6 Å². The summed E-state index contributed by atoms with van der Waals surface area (Å²) in [6.07, 6.45) is 3.95. The number of aromatic nitrogens is 1. The molecular weight excluding hydrogens is 444 g/mol. The Bertz CT molecular complexity index is 1240. The number of aliphatic hydroxyl groups is 1. The lowest BCUT2D eigenvalue weighted by atomic mass is 9.94. The van der Waals surface area contributed by atoms with Crippen LogP contribution in [-0.4, -0.2) is 34.4 Å². The molecule has 0 saturated heterocycles. The van der Waals surface area contributed by atoms with Crippen LogP contribution in [0.5, 0.6) is 0 Å². The first-order valence-corrected chi connectivity index (χ1v) is 11.5. The molecule has 1 aliphatic heterocycles. The quantitative estimate of drug-likeness (QED) is 0.469. The molecule has 0 aliphatic carbocycles. The molecule has 0 radical (unpaired) electrons. The van der Waals surface area contributed by atoms with Gasteiger partial charge in [0.25, 0.3) is 5.91 Å². The van der Waals surface area contributed by atoms with Crippen molar-refractivity contribution in [1.82, 2.24) is 4.98 Å². The van der Waals surface area contributed by atoms with Crippen LogP contribution in [0.25, 0.3) is 0 Å². The smallest absolute Gasteiger partial charge is 0.310 e. The molecule has 0 saturated carbocycles. The Morgan fingerprint density at radius 1 is 1.00 bits per heavy atom. The Balaban J connectivity index is 1.63. The first kappa shape index (κ1) is 23.9. The first-order chi connectivity index (χ1) is 17.0. The molecule has 2 aromatic carbocycles. The van der Waals surface area contributed by atoms with Crippen molar-refractivity contribution in [3.63, 3.8) is 0 Å². The van der Waals surface area contributed by atoms with E-state index in [0.717, 1.165) is 11.1 Å². The number of amides is 1. The summed E-state index contributed by atoms with van der Waals surface area (Å²) >= 11 is 0. The number of benzene rings is 2. The van der Waals surface area contributed by atoms with Crippen LogP contribution in [0, 0.1) is 0 Å². The van der Waals surface area contributed by atoms with Gasteiger partial charge in [-0.3, -0.25) is 24.3 Å². The van der Waals surface area contributed by atoms with E-state index in [1.54, 1.807) is 55.7 Å². The highest BCUT2D eigenvalue weighted by Crippen LogP contribution is 2.41. The van der Waals surface area contributed by atoms with Crippen molar-refractivity contribution in [3.05, 3.63) is 107 Å². The van der Waals surface area contributed by atoms with Gasteiger partial charge in [-0.15, -0.1) is 0 Å². The maximum absolute atomic E-state index is 13.3. The van der Waals surface area contributed by atoms with E-state index in [2.05, 4.69) is 4.98 Å². The number of ether oxygens (including phenoxy) is 1. The normalized spacial score (nSPS) is 15.4. The molecule has 1 aliphatic rings. The van der Waals surface area contributed by atoms with Gasteiger partial charge in [-0.1, -0.05) is 48.5 Å². The van der Waals surface area contributed by atoms with Crippen molar-refractivity contribution < 1.29 is 24.2 Å². The van der Waals surface area contributed by atoms with Crippen molar-refractivity contribution in [2.45, 2.75) is 32.2 Å². The molecule has 4 rings (SSSR count). The number of anilines is 1. The number of aliphatic hydroxyl groups excluding tert-OH is 1. The summed E-state index contributed by atoms with van der Waals surface area (Å²) < 4.78 is 4.99. The summed E-state index contributed by atoms with van der Waals surface area (Å²) in [7, 11) is 0. The summed E-state index contributed by atoms with van der Waals surface area (Å²) in [6.45, 7) is 2.05. The van der Waals surface area contributed by atoms with Gasteiger partial charge in [0.2, 0.25) is 0 Å². The largest absolute Gasteiger partial charge is 0.503 e. The lowest BCUT2D eigenvalue weighted by molar-refractivity contribution is -0.142. The number of pyridine rings is 1. The average Bonchev–Trinajstić information content (AvgIpc) is 3.15. The van der Waals surface area contributed by atoms with E-state index in [4.69, 9.17) is 4.74 Å². The molecule has 3 aromatic rings. The number of Topliss-reactive ketones (excluding diaryl/α,β-unsaturated/α-hetero) is 1. The first-order valence-electron chi connectivity index (χ1n) is 11.5. The van der Waals surface area contributed by atoms with Crippen LogP contribution in [0.3, 0.4) is 0 Å². The highest BCUT2D eigenvalue weighted by Gasteiger charge is 2.44. The van der Waals surface area contributed by atoms with E-state index in [1.807, 2.05) is 30.3 Å². The average molecular weight is 471 g/mol. The Hall–Kier alpha value is -4.26. The predicted molar refractivity (Wildman–Crippen MR) is 131 cm³/mol. The van der Waals surface area contributed by atoms with Crippen molar-refractivity contribution in [2.24, 2.45) is 0 Å². The highest BCUT2D eigenvalue weighted by molar-refractivity contribution is 6.16. The number of aryl methyl sites for hydroxylation is 1. The van der Waals surface area contributed by atoms with Crippen molar-refractivity contribution in [1.29, 1.82) is 0 Å². The van der Waals surface area contributed by atoms with Crippen LogP contribution in [0.1, 0.15) is 36.1 Å². The van der Waals surface area contributed by atoms with Gasteiger partial charge in [0.15, 0.2) is 11.5 Å². The maximum atomic E-state index is 13.3. The molecule has 1 atom stereocenters. The minimum Gasteiger partial charge on any atom is -0.503 e. The third kappa shape index (κ3) is 5.30. The Kier molecular flexibility index (Phi) is 7.35. The summed E-state index contributed by atoms with van der Waals surface area (Å²) in [5.41, 5.74) is 2.90. The van der Waals surface area contributed by atoms with E-state index in [9.17, 15) is 19.5 Å². The summed E-state index contributed by atoms with van der Waals surface area (Å²) in [5, 5.41) is 10.8. The van der Waals surface area contributed by atoms with E-state index < -0.39 is 17.7 Å². The van der Waals surface area contributed by atoms with Crippen LogP contribution in [0.15, 0.2) is 90.5 Å². The van der Waals surface area contributed by atoms with E-state index in [-0.39, 0.29) is 30.2 Å². The second-order valence-electron chi connectivity index (χ2n) is 8.18. The third-order valence-electron chi connectivity index (χ3n) is 5.86. The molecule has 1 N–H and O–H groups in total. The second-order valence-corrected chi connectivity index (χ2v) is 8.18. The van der Waals surface area contributed by atoms with Crippen LogP contribution >= 0.6 is 0 Å². The SMILES string of the molecule is CCOC(=O)Cc1ccc(N2C(=O)C(O)=C(C(=O)CCc3ccccc3)C2c2cccnc2)cc1. The van der Waals surface area contributed by atoms with Gasteiger partial charge in [-0.25, -0.2) is 0 Å². The van der Waals surface area contributed by atoms with Gasteiger partial charge in [0.1, 0.15) is 0 Å². The molecule has 2 heterocycles. The number of hydrogen-bond acceptors (Lipinski definition) is 6. The molecule has 1 aromatic heterocycles. The zero-order chi connectivity index (χ0) is 24.8. The number of rotatable bonds is 9. The van der Waals surface area contributed by atoms with Gasteiger partial charge in [0, 0.05) is 24.5 Å². The van der Waals surface area contributed by atoms with Crippen molar-refractivity contribution >= 4 is 23.3 Å². The molecule has 1 unspecified atom stereocenters. The molecule has 178 valence electrons. The van der Waals surface area contributed by atoms with Gasteiger partial charge < -0.3 is 9.84 Å². The molecule has 7 nitrogen and oxygen atoms in total. The third-order valence-corrected chi connectivity index (χ3v) is 5.86. The number of ketones is 1.